The molecule has 2 aromatic carbocycles. The first-order valence-electron chi connectivity index (χ1n) is 17.5. The number of amides is 5. The van der Waals surface area contributed by atoms with Gasteiger partial charge in [-0.05, 0) is 48.8 Å². The van der Waals surface area contributed by atoms with Crippen LogP contribution in [0.4, 0.5) is 0 Å². The largest absolute Gasteiger partial charge is 0.370 e. The van der Waals surface area contributed by atoms with Gasteiger partial charge in [0.25, 0.3) is 5.91 Å². The van der Waals surface area contributed by atoms with Crippen molar-refractivity contribution in [3.05, 3.63) is 76.3 Å². The van der Waals surface area contributed by atoms with E-state index in [-0.39, 0.29) is 49.3 Å². The zero-order valence-corrected chi connectivity index (χ0v) is 32.0. The van der Waals surface area contributed by atoms with E-state index in [0.29, 0.717) is 22.9 Å². The molecule has 0 aliphatic rings. The molecule has 0 radical (unpaired) electrons. The normalized spacial score (nSPS) is 13.8. The summed E-state index contributed by atoms with van der Waals surface area (Å²) in [5.41, 5.74) is 18.3. The van der Waals surface area contributed by atoms with Gasteiger partial charge in [0.2, 0.25) is 23.6 Å². The number of hydrogen-bond donors (Lipinski definition) is 7. The fourth-order valence-corrected chi connectivity index (χ4v) is 6.30. The van der Waals surface area contributed by atoms with Gasteiger partial charge < -0.3 is 38.5 Å². The minimum atomic E-state index is -1.08. The molecule has 286 valence electrons. The van der Waals surface area contributed by atoms with Crippen LogP contribution in [0.2, 0.25) is 5.02 Å². The van der Waals surface area contributed by atoms with Crippen LogP contribution < -0.4 is 38.5 Å². The first-order valence-corrected chi connectivity index (χ1v) is 18.8. The van der Waals surface area contributed by atoms with E-state index in [9.17, 15) is 24.0 Å². The Kier molecular flexibility index (Phi) is 16.7. The highest BCUT2D eigenvalue weighted by molar-refractivity contribution is 7.13. The van der Waals surface area contributed by atoms with E-state index in [2.05, 4.69) is 31.2 Å². The summed E-state index contributed by atoms with van der Waals surface area (Å²) in [6.45, 7) is 7.66. The number of nitrogens with zero attached hydrogens (tertiary/aromatic N) is 2. The molecule has 0 bridgehead atoms. The van der Waals surface area contributed by atoms with Gasteiger partial charge in [-0.15, -0.1) is 11.3 Å². The molecule has 5 atom stereocenters. The Morgan fingerprint density at radius 1 is 0.830 bits per heavy atom. The zero-order chi connectivity index (χ0) is 39.1. The molecular weight excluding hydrogens is 718 g/mol. The minimum absolute atomic E-state index is 0.0387. The molecule has 1 heterocycles. The van der Waals surface area contributed by atoms with Crippen LogP contribution in [-0.4, -0.2) is 71.2 Å². The highest BCUT2D eigenvalue weighted by Crippen LogP contribution is 2.25. The number of rotatable bonds is 20. The van der Waals surface area contributed by atoms with Crippen LogP contribution in [0, 0.1) is 11.8 Å². The van der Waals surface area contributed by atoms with Crippen molar-refractivity contribution >= 4 is 58.4 Å². The Labute approximate surface area is 319 Å². The Morgan fingerprint density at radius 3 is 2.08 bits per heavy atom. The number of primary amides is 1. The van der Waals surface area contributed by atoms with E-state index < -0.39 is 53.7 Å². The average molecular weight is 768 g/mol. The number of aromatic nitrogens is 1. The lowest BCUT2D eigenvalue weighted by molar-refractivity contribution is -0.134. The number of nitrogens with two attached hydrogens (primary N) is 3. The number of carbonyl (C=O) groups excluding carboxylic acids is 5. The zero-order valence-electron chi connectivity index (χ0n) is 30.4. The molecule has 0 aliphatic heterocycles. The number of hydrogen-bond acceptors (Lipinski definition) is 8. The molecule has 0 fully saturated rings. The summed E-state index contributed by atoms with van der Waals surface area (Å²) < 4.78 is 0. The fraction of sp³-hybridized carbons (Fsp3) is 0.432. The van der Waals surface area contributed by atoms with Crippen molar-refractivity contribution in [1.29, 1.82) is 0 Å². The summed E-state index contributed by atoms with van der Waals surface area (Å²) >= 11 is 7.27. The molecular formula is C37H50ClN9O5S. The number of aliphatic imine (C=N–C) groups is 1. The van der Waals surface area contributed by atoms with Crippen molar-refractivity contribution in [2.24, 2.45) is 34.0 Å². The third-order valence-electron chi connectivity index (χ3n) is 8.47. The van der Waals surface area contributed by atoms with Crippen LogP contribution in [-0.2, 0) is 25.6 Å². The second-order valence-corrected chi connectivity index (χ2v) is 14.5. The molecule has 53 heavy (non-hydrogen) atoms. The van der Waals surface area contributed by atoms with Crippen LogP contribution in [0.3, 0.4) is 0 Å². The SMILES string of the molecule is CC[C@H](C)[C@H](NC(=O)[C@H](CC(C)C)NC(=O)[C@H](CCCN=C(N)N)NC(=O)c1csc(-c2ccc(Cl)cc2)n1)C(=O)N[C@@H](Cc1ccccc1)C(N)=O. The summed E-state index contributed by atoms with van der Waals surface area (Å²) in [6, 6.07) is 11.9. The van der Waals surface area contributed by atoms with Gasteiger partial charge in [-0.2, -0.15) is 0 Å². The fourth-order valence-electron chi connectivity index (χ4n) is 5.37. The third-order valence-corrected chi connectivity index (χ3v) is 9.61. The number of halogens is 1. The molecule has 0 spiro atoms. The smallest absolute Gasteiger partial charge is 0.271 e. The molecule has 14 nitrogen and oxygen atoms in total. The molecule has 0 saturated heterocycles. The number of benzene rings is 2. The second-order valence-electron chi connectivity index (χ2n) is 13.2. The second kappa shape index (κ2) is 20.9. The van der Waals surface area contributed by atoms with Crippen molar-refractivity contribution in [2.45, 2.75) is 84.0 Å². The van der Waals surface area contributed by atoms with Gasteiger partial charge in [0, 0.05) is 28.9 Å². The maximum absolute atomic E-state index is 13.9. The lowest BCUT2D eigenvalue weighted by Gasteiger charge is -2.29. The van der Waals surface area contributed by atoms with Crippen molar-refractivity contribution < 1.29 is 24.0 Å². The maximum atomic E-state index is 13.9. The van der Waals surface area contributed by atoms with Gasteiger partial charge in [-0.25, -0.2) is 4.98 Å². The van der Waals surface area contributed by atoms with Gasteiger partial charge in [0.1, 0.15) is 34.9 Å². The van der Waals surface area contributed by atoms with Gasteiger partial charge in [0.15, 0.2) is 5.96 Å². The third kappa shape index (κ3) is 13.8. The van der Waals surface area contributed by atoms with Gasteiger partial charge in [-0.3, -0.25) is 29.0 Å². The summed E-state index contributed by atoms with van der Waals surface area (Å²) in [6.07, 6.45) is 1.42. The Morgan fingerprint density at radius 2 is 1.47 bits per heavy atom. The highest BCUT2D eigenvalue weighted by Gasteiger charge is 2.33. The highest BCUT2D eigenvalue weighted by atomic mass is 35.5. The van der Waals surface area contributed by atoms with Crippen molar-refractivity contribution in [3.8, 4) is 10.6 Å². The van der Waals surface area contributed by atoms with E-state index in [4.69, 9.17) is 28.8 Å². The van der Waals surface area contributed by atoms with Crippen molar-refractivity contribution in [2.75, 3.05) is 6.54 Å². The van der Waals surface area contributed by atoms with Crippen LogP contribution in [0.5, 0.6) is 0 Å². The lowest BCUT2D eigenvalue weighted by atomic mass is 9.95. The Bertz CT molecular complexity index is 1710. The standard InChI is InChI=1S/C37H50ClN9O5S/c1-5-22(4)30(35(52)44-27(31(39)48)19-23-10-7-6-8-11-23)47-33(50)28(18-21(2)3)45-32(49)26(12-9-17-42-37(40)41)43-34(51)29-20-53-36(46-29)24-13-15-25(38)16-14-24/h6-8,10-11,13-16,20-22,26-28,30H,5,9,12,17-19H2,1-4H3,(H2,39,48)(H,43,51)(H,44,52)(H,45,49)(H,47,50)(H4,40,41,42)/t22-,26-,27-,28-,30-/m0/s1. The summed E-state index contributed by atoms with van der Waals surface area (Å²) in [7, 11) is 0. The monoisotopic (exact) mass is 767 g/mol. The molecule has 3 rings (SSSR count). The van der Waals surface area contributed by atoms with E-state index in [1.807, 2.05) is 51.1 Å². The number of guanidine groups is 1. The number of nitrogens with one attached hydrogen (secondary N) is 4. The van der Waals surface area contributed by atoms with Crippen molar-refractivity contribution in [1.82, 2.24) is 26.3 Å². The van der Waals surface area contributed by atoms with Crippen LogP contribution >= 0.6 is 22.9 Å². The van der Waals surface area contributed by atoms with E-state index >= 15 is 0 Å². The summed E-state index contributed by atoms with van der Waals surface area (Å²) in [4.78, 5) is 75.5. The first-order chi connectivity index (χ1) is 25.2. The van der Waals surface area contributed by atoms with Gasteiger partial charge >= 0.3 is 0 Å². The Balaban J connectivity index is 1.79. The summed E-state index contributed by atoms with van der Waals surface area (Å²) in [5.74, 6) is -3.56. The molecule has 0 unspecified atom stereocenters. The average Bonchev–Trinajstić information content (AvgIpc) is 3.62. The quantitative estimate of drug-likeness (QED) is 0.0512. The van der Waals surface area contributed by atoms with Gasteiger partial charge in [-0.1, -0.05) is 88.2 Å². The maximum Gasteiger partial charge on any atom is 0.271 e. The molecule has 10 N–H and O–H groups in total. The Hall–Kier alpha value is -5.02. The molecule has 5 amide bonds. The van der Waals surface area contributed by atoms with Crippen LogP contribution in [0.25, 0.3) is 10.6 Å². The number of carbonyl (C=O) groups is 5. The van der Waals surface area contributed by atoms with E-state index in [1.54, 1.807) is 36.6 Å². The van der Waals surface area contributed by atoms with E-state index in [0.717, 1.165) is 11.1 Å². The minimum Gasteiger partial charge on any atom is -0.370 e. The predicted molar refractivity (Wildman–Crippen MR) is 208 cm³/mol. The van der Waals surface area contributed by atoms with Crippen LogP contribution in [0.15, 0.2) is 65.0 Å². The molecule has 0 aliphatic carbocycles. The van der Waals surface area contributed by atoms with Crippen molar-refractivity contribution in [3.63, 3.8) is 0 Å². The summed E-state index contributed by atoms with van der Waals surface area (Å²) in [5, 5.41) is 13.8. The number of thiazole rings is 1. The molecule has 3 aromatic rings. The van der Waals surface area contributed by atoms with Crippen LogP contribution in [0.1, 0.15) is 69.4 Å². The first kappa shape index (κ1) is 42.4. The topological polar surface area (TPSA) is 237 Å². The molecule has 0 saturated carbocycles. The van der Waals surface area contributed by atoms with E-state index in [1.165, 1.54) is 11.3 Å². The lowest BCUT2D eigenvalue weighted by Crippen LogP contribution is -2.59. The van der Waals surface area contributed by atoms with Gasteiger partial charge in [0.05, 0.1) is 0 Å². The molecule has 16 heteroatoms. The predicted octanol–water partition coefficient (Wildman–Crippen LogP) is 2.89. The molecule has 1 aromatic heterocycles.